The van der Waals surface area contributed by atoms with Crippen molar-refractivity contribution in [3.05, 3.63) is 35.9 Å². The molecule has 118 valence electrons. The Bertz CT molecular complexity index is 403. The Morgan fingerprint density at radius 2 is 1.76 bits per heavy atom. The van der Waals surface area contributed by atoms with Crippen LogP contribution in [0.4, 0.5) is 0 Å². The van der Waals surface area contributed by atoms with Gasteiger partial charge in [-0.25, -0.2) is 0 Å². The van der Waals surface area contributed by atoms with Gasteiger partial charge in [0.2, 0.25) is 5.91 Å². The van der Waals surface area contributed by atoms with Crippen LogP contribution >= 0.6 is 0 Å². The molecule has 0 heterocycles. The molecule has 0 bridgehead atoms. The monoisotopic (exact) mass is 294 g/mol. The standard InChI is InChI=1S/C16H26N2O3/c1-4-20-15(21-5-2)12-18(16(19)13(3)17)11-14-9-7-6-8-10-14/h6-10,13,15H,4-5,11-12,17H2,1-3H3. The highest BCUT2D eigenvalue weighted by atomic mass is 16.7. The number of nitrogens with zero attached hydrogens (tertiary/aromatic N) is 1. The van der Waals surface area contributed by atoms with Gasteiger partial charge in [0, 0.05) is 19.8 Å². The number of nitrogens with two attached hydrogens (primary N) is 1. The topological polar surface area (TPSA) is 64.8 Å². The van der Waals surface area contributed by atoms with Crippen LogP contribution in [0.3, 0.4) is 0 Å². The lowest BCUT2D eigenvalue weighted by atomic mass is 10.2. The molecule has 1 aromatic rings. The third-order valence-electron chi connectivity index (χ3n) is 2.99. The second kappa shape index (κ2) is 9.50. The number of hydrogen-bond donors (Lipinski definition) is 1. The fourth-order valence-electron chi connectivity index (χ4n) is 2.03. The highest BCUT2D eigenvalue weighted by Crippen LogP contribution is 2.09. The summed E-state index contributed by atoms with van der Waals surface area (Å²) in [6.45, 7) is 7.44. The minimum Gasteiger partial charge on any atom is -0.351 e. The van der Waals surface area contributed by atoms with Crippen molar-refractivity contribution in [3.63, 3.8) is 0 Å². The zero-order valence-electron chi connectivity index (χ0n) is 13.1. The maximum absolute atomic E-state index is 12.3. The van der Waals surface area contributed by atoms with E-state index in [1.54, 1.807) is 11.8 Å². The molecule has 5 nitrogen and oxygen atoms in total. The zero-order chi connectivity index (χ0) is 15.7. The van der Waals surface area contributed by atoms with E-state index >= 15 is 0 Å². The Kier molecular flexibility index (Phi) is 7.97. The summed E-state index contributed by atoms with van der Waals surface area (Å²) < 4.78 is 11.0. The third kappa shape index (κ3) is 6.25. The fourth-order valence-corrected chi connectivity index (χ4v) is 2.03. The van der Waals surface area contributed by atoms with E-state index in [0.29, 0.717) is 26.3 Å². The number of carbonyl (C=O) groups is 1. The number of hydrogen-bond acceptors (Lipinski definition) is 4. The minimum absolute atomic E-state index is 0.108. The normalized spacial score (nSPS) is 12.4. The Morgan fingerprint density at radius 1 is 1.19 bits per heavy atom. The quantitative estimate of drug-likeness (QED) is 0.705. The number of ether oxygens (including phenoxy) is 2. The summed E-state index contributed by atoms with van der Waals surface area (Å²) >= 11 is 0. The highest BCUT2D eigenvalue weighted by Gasteiger charge is 2.22. The predicted octanol–water partition coefficient (Wildman–Crippen LogP) is 1.76. The number of carbonyl (C=O) groups excluding carboxylic acids is 1. The first-order valence-corrected chi connectivity index (χ1v) is 7.39. The van der Waals surface area contributed by atoms with Crippen molar-refractivity contribution < 1.29 is 14.3 Å². The lowest BCUT2D eigenvalue weighted by molar-refractivity contribution is -0.160. The van der Waals surface area contributed by atoms with Crippen molar-refractivity contribution in [3.8, 4) is 0 Å². The van der Waals surface area contributed by atoms with Gasteiger partial charge in [-0.2, -0.15) is 0 Å². The summed E-state index contributed by atoms with van der Waals surface area (Å²) in [6.07, 6.45) is -0.425. The van der Waals surface area contributed by atoms with E-state index in [0.717, 1.165) is 5.56 Å². The first kappa shape index (κ1) is 17.6. The van der Waals surface area contributed by atoms with E-state index < -0.39 is 12.3 Å². The van der Waals surface area contributed by atoms with Crippen molar-refractivity contribution in [2.24, 2.45) is 5.73 Å². The molecule has 0 spiro atoms. The Morgan fingerprint density at radius 3 is 2.24 bits per heavy atom. The fraction of sp³-hybridized carbons (Fsp3) is 0.562. The Balaban J connectivity index is 2.78. The molecule has 0 aliphatic rings. The molecule has 5 heteroatoms. The van der Waals surface area contributed by atoms with Gasteiger partial charge in [0.15, 0.2) is 6.29 Å². The Hall–Kier alpha value is -1.43. The number of rotatable bonds is 9. The number of amides is 1. The molecule has 0 saturated carbocycles. The third-order valence-corrected chi connectivity index (χ3v) is 2.99. The molecular formula is C16H26N2O3. The van der Waals surface area contributed by atoms with Crippen molar-refractivity contribution in [1.82, 2.24) is 4.90 Å². The molecule has 2 N–H and O–H groups in total. The van der Waals surface area contributed by atoms with Gasteiger partial charge in [0.1, 0.15) is 0 Å². The van der Waals surface area contributed by atoms with Gasteiger partial charge >= 0.3 is 0 Å². The van der Waals surface area contributed by atoms with Crippen LogP contribution in [0, 0.1) is 0 Å². The van der Waals surface area contributed by atoms with Crippen LogP contribution in [0.15, 0.2) is 30.3 Å². The maximum Gasteiger partial charge on any atom is 0.239 e. The summed E-state index contributed by atoms with van der Waals surface area (Å²) in [4.78, 5) is 14.0. The molecular weight excluding hydrogens is 268 g/mol. The summed E-state index contributed by atoms with van der Waals surface area (Å²) in [5.74, 6) is -0.108. The average Bonchev–Trinajstić information content (AvgIpc) is 2.47. The van der Waals surface area contributed by atoms with Crippen molar-refractivity contribution >= 4 is 5.91 Å². The molecule has 1 unspecified atom stereocenters. The SMILES string of the molecule is CCOC(CN(Cc1ccccc1)C(=O)C(C)N)OCC. The van der Waals surface area contributed by atoms with Crippen molar-refractivity contribution in [2.75, 3.05) is 19.8 Å². The van der Waals surface area contributed by atoms with Gasteiger partial charge in [-0.3, -0.25) is 4.79 Å². The van der Waals surface area contributed by atoms with E-state index in [4.69, 9.17) is 15.2 Å². The van der Waals surface area contributed by atoms with Crippen LogP contribution in [0.1, 0.15) is 26.3 Å². The van der Waals surface area contributed by atoms with Crippen LogP contribution in [0.25, 0.3) is 0 Å². The van der Waals surface area contributed by atoms with Gasteiger partial charge < -0.3 is 20.1 Å². The number of benzene rings is 1. The molecule has 1 rings (SSSR count). The van der Waals surface area contributed by atoms with Crippen LogP contribution in [-0.2, 0) is 20.8 Å². The smallest absolute Gasteiger partial charge is 0.239 e. The van der Waals surface area contributed by atoms with Crippen molar-refractivity contribution in [2.45, 2.75) is 39.6 Å². The van der Waals surface area contributed by atoms with E-state index in [-0.39, 0.29) is 5.91 Å². The van der Waals surface area contributed by atoms with Crippen molar-refractivity contribution in [1.29, 1.82) is 0 Å². The molecule has 1 aromatic carbocycles. The van der Waals surface area contributed by atoms with Gasteiger partial charge in [-0.1, -0.05) is 30.3 Å². The molecule has 0 aliphatic carbocycles. The molecule has 0 saturated heterocycles. The summed E-state index contributed by atoms with van der Waals surface area (Å²) in [6, 6.07) is 9.27. The van der Waals surface area contributed by atoms with E-state index in [2.05, 4.69) is 0 Å². The summed E-state index contributed by atoms with van der Waals surface area (Å²) in [5, 5.41) is 0. The molecule has 0 fully saturated rings. The molecule has 21 heavy (non-hydrogen) atoms. The first-order chi connectivity index (χ1) is 10.1. The predicted molar refractivity (Wildman–Crippen MR) is 82.5 cm³/mol. The average molecular weight is 294 g/mol. The maximum atomic E-state index is 12.3. The van der Waals surface area contributed by atoms with Gasteiger partial charge in [-0.15, -0.1) is 0 Å². The van der Waals surface area contributed by atoms with E-state index in [1.807, 2.05) is 44.2 Å². The molecule has 0 radical (unpaired) electrons. The largest absolute Gasteiger partial charge is 0.351 e. The zero-order valence-corrected chi connectivity index (χ0v) is 13.1. The molecule has 1 amide bonds. The second-order valence-corrected chi connectivity index (χ2v) is 4.83. The van der Waals surface area contributed by atoms with Gasteiger partial charge in [-0.05, 0) is 26.3 Å². The second-order valence-electron chi connectivity index (χ2n) is 4.83. The van der Waals surface area contributed by atoms with Crippen LogP contribution in [-0.4, -0.2) is 42.9 Å². The van der Waals surface area contributed by atoms with Gasteiger partial charge in [0.05, 0.1) is 12.6 Å². The highest BCUT2D eigenvalue weighted by molar-refractivity contribution is 5.81. The lowest BCUT2D eigenvalue weighted by Gasteiger charge is -2.28. The summed E-state index contributed by atoms with van der Waals surface area (Å²) in [7, 11) is 0. The summed E-state index contributed by atoms with van der Waals surface area (Å²) in [5.41, 5.74) is 6.80. The molecule has 0 aliphatic heterocycles. The molecule has 1 atom stereocenters. The first-order valence-electron chi connectivity index (χ1n) is 7.39. The van der Waals surface area contributed by atoms with E-state index in [1.165, 1.54) is 0 Å². The van der Waals surface area contributed by atoms with Crippen LogP contribution in [0.5, 0.6) is 0 Å². The van der Waals surface area contributed by atoms with Crippen LogP contribution in [0.2, 0.25) is 0 Å². The van der Waals surface area contributed by atoms with Gasteiger partial charge in [0.25, 0.3) is 0 Å². The van der Waals surface area contributed by atoms with Crippen LogP contribution < -0.4 is 5.73 Å². The minimum atomic E-state index is -0.544. The van der Waals surface area contributed by atoms with E-state index in [9.17, 15) is 4.79 Å². The lowest BCUT2D eigenvalue weighted by Crippen LogP contribution is -2.46. The molecule has 0 aromatic heterocycles. The Labute approximate surface area is 127 Å².